The molecular formula is C6H16CuN4-2. The van der Waals surface area contributed by atoms with Gasteiger partial charge in [-0.15, -0.1) is 0 Å². The number of likely N-dealkylation sites (N-methyl/N-ethyl adjacent to an activating group) is 2. The third kappa shape index (κ3) is 38.1. The second kappa shape index (κ2) is 22.4. The van der Waals surface area contributed by atoms with E-state index in [-0.39, 0.29) is 17.1 Å². The molecule has 0 heterocycles. The average molecular weight is 208 g/mol. The van der Waals surface area contributed by atoms with Gasteiger partial charge in [0.15, 0.2) is 0 Å². The number of hydrogen-bond donors (Lipinski definition) is 0. The van der Waals surface area contributed by atoms with Gasteiger partial charge >= 0.3 is 17.1 Å². The van der Waals surface area contributed by atoms with Crippen LogP contribution in [0.15, 0.2) is 0 Å². The van der Waals surface area contributed by atoms with Crippen LogP contribution in [0.4, 0.5) is 0 Å². The van der Waals surface area contributed by atoms with Crippen molar-refractivity contribution < 1.29 is 17.1 Å². The van der Waals surface area contributed by atoms with Crippen LogP contribution in [0, 0.1) is 0 Å². The SMILES string of the molecule is C[N-]CC[NH-].C[N-]CC[NH-].[Cu+2]. The molecule has 0 spiro atoms. The quantitative estimate of drug-likeness (QED) is 0.633. The van der Waals surface area contributed by atoms with E-state index in [1.54, 1.807) is 14.1 Å². The second-order valence-corrected chi connectivity index (χ2v) is 1.58. The van der Waals surface area contributed by atoms with Crippen LogP contribution >= 0.6 is 0 Å². The Bertz CT molecular complexity index is 35.6. The van der Waals surface area contributed by atoms with Crippen molar-refractivity contribution in [2.24, 2.45) is 0 Å². The molecule has 73 valence electrons. The molecule has 0 bridgehead atoms. The van der Waals surface area contributed by atoms with Gasteiger partial charge in [-0.05, 0) is 0 Å². The van der Waals surface area contributed by atoms with Gasteiger partial charge in [-0.1, -0.05) is 0 Å². The molecule has 0 aliphatic carbocycles. The fraction of sp³-hybridized carbons (Fsp3) is 1.00. The maximum Gasteiger partial charge on any atom is 2.00 e. The van der Waals surface area contributed by atoms with E-state index in [9.17, 15) is 0 Å². The first kappa shape index (κ1) is 17.4. The van der Waals surface area contributed by atoms with Crippen LogP contribution in [0.5, 0.6) is 0 Å². The van der Waals surface area contributed by atoms with Crippen LogP contribution in [0.3, 0.4) is 0 Å². The van der Waals surface area contributed by atoms with Crippen LogP contribution in [0.2, 0.25) is 0 Å². The summed E-state index contributed by atoms with van der Waals surface area (Å²) in [5, 5.41) is 7.33. The van der Waals surface area contributed by atoms with Gasteiger partial charge in [0.25, 0.3) is 0 Å². The third-order valence-electron chi connectivity index (χ3n) is 0.671. The first-order valence-electron chi connectivity index (χ1n) is 3.23. The maximum atomic E-state index is 6.51. The summed E-state index contributed by atoms with van der Waals surface area (Å²) in [6.45, 7) is 2.22. The molecule has 0 amide bonds. The van der Waals surface area contributed by atoms with E-state index in [1.807, 2.05) is 0 Å². The van der Waals surface area contributed by atoms with Crippen molar-refractivity contribution in [3.63, 3.8) is 0 Å². The molecule has 0 atom stereocenters. The number of nitrogens with one attached hydrogen (secondary N) is 2. The molecule has 0 unspecified atom stereocenters. The molecule has 0 aromatic rings. The molecular weight excluding hydrogens is 192 g/mol. The molecule has 0 aromatic carbocycles. The summed E-state index contributed by atoms with van der Waals surface area (Å²) in [6.07, 6.45) is 0. The molecule has 0 fully saturated rings. The molecule has 0 aliphatic heterocycles. The molecule has 0 aliphatic rings. The number of hydrogen-bond acceptors (Lipinski definition) is 0. The number of nitrogens with zero attached hydrogens (tertiary/aromatic N) is 2. The van der Waals surface area contributed by atoms with Gasteiger partial charge in [0.2, 0.25) is 0 Å². The summed E-state index contributed by atoms with van der Waals surface area (Å²) in [5.74, 6) is 0. The maximum absolute atomic E-state index is 6.51. The molecule has 1 radical (unpaired) electrons. The monoisotopic (exact) mass is 207 g/mol. The number of rotatable bonds is 4. The van der Waals surface area contributed by atoms with Crippen molar-refractivity contribution in [1.29, 1.82) is 0 Å². The Balaban J connectivity index is -0.000000107. The largest absolute Gasteiger partial charge is 2.00 e. The predicted molar refractivity (Wildman–Crippen MR) is 46.7 cm³/mol. The molecule has 0 saturated heterocycles. The van der Waals surface area contributed by atoms with E-state index < -0.39 is 0 Å². The van der Waals surface area contributed by atoms with Gasteiger partial charge in [-0.2, -0.15) is 40.3 Å². The summed E-state index contributed by atoms with van der Waals surface area (Å²) < 4.78 is 0. The predicted octanol–water partition coefficient (Wildman–Crippen LogP) is 2.08. The Kier molecular flexibility index (Phi) is 35.6. The van der Waals surface area contributed by atoms with Crippen molar-refractivity contribution in [2.45, 2.75) is 0 Å². The smallest absolute Gasteiger partial charge is 0.679 e. The fourth-order valence-electron chi connectivity index (χ4n) is 0.224. The summed E-state index contributed by atoms with van der Waals surface area (Å²) in [4.78, 5) is 0. The molecule has 5 heteroatoms. The molecule has 4 nitrogen and oxygen atoms in total. The van der Waals surface area contributed by atoms with Gasteiger partial charge in [-0.3, -0.25) is 0 Å². The van der Waals surface area contributed by atoms with E-state index in [1.165, 1.54) is 0 Å². The summed E-state index contributed by atoms with van der Waals surface area (Å²) >= 11 is 0. The van der Waals surface area contributed by atoms with Gasteiger partial charge in [0.05, 0.1) is 0 Å². The molecule has 0 saturated carbocycles. The van der Waals surface area contributed by atoms with Gasteiger partial charge < -0.3 is 22.1 Å². The van der Waals surface area contributed by atoms with Crippen molar-refractivity contribution >= 4 is 0 Å². The summed E-state index contributed by atoms with van der Waals surface area (Å²) in [6, 6.07) is 0. The van der Waals surface area contributed by atoms with Crippen molar-refractivity contribution in [3.8, 4) is 0 Å². The Morgan fingerprint density at radius 3 is 1.18 bits per heavy atom. The van der Waals surface area contributed by atoms with Crippen LogP contribution < -0.4 is 0 Å². The topological polar surface area (TPSA) is 75.8 Å². The molecule has 0 rings (SSSR count). The first-order chi connectivity index (χ1) is 4.83. The van der Waals surface area contributed by atoms with E-state index in [4.69, 9.17) is 11.5 Å². The Morgan fingerprint density at radius 2 is 1.18 bits per heavy atom. The van der Waals surface area contributed by atoms with Crippen LogP contribution in [0.25, 0.3) is 22.1 Å². The van der Waals surface area contributed by atoms with E-state index >= 15 is 0 Å². The van der Waals surface area contributed by atoms with E-state index in [2.05, 4.69) is 10.6 Å². The van der Waals surface area contributed by atoms with Crippen LogP contribution in [-0.2, 0) is 17.1 Å². The molecule has 2 N–H and O–H groups in total. The Morgan fingerprint density at radius 1 is 0.909 bits per heavy atom. The average Bonchev–Trinajstić information content (AvgIpc) is 1.93. The standard InChI is InChI=1S/2C3H8N2.Cu/c2*1-5-3-2-4;/h2*4H,2-3H2,1H3;/q2*-2;+2. The van der Waals surface area contributed by atoms with Gasteiger partial charge in [0.1, 0.15) is 0 Å². The van der Waals surface area contributed by atoms with E-state index in [0.29, 0.717) is 26.2 Å². The molecule has 0 aromatic heterocycles. The van der Waals surface area contributed by atoms with E-state index in [0.717, 1.165) is 0 Å². The summed E-state index contributed by atoms with van der Waals surface area (Å²) in [5.41, 5.74) is 13.0. The fourth-order valence-corrected chi connectivity index (χ4v) is 0.224. The first-order valence-corrected chi connectivity index (χ1v) is 3.23. The zero-order valence-corrected chi connectivity index (χ0v) is 7.97. The zero-order chi connectivity index (χ0) is 8.24. The van der Waals surface area contributed by atoms with Crippen LogP contribution in [-0.4, -0.2) is 40.3 Å². The second-order valence-electron chi connectivity index (χ2n) is 1.58. The minimum Gasteiger partial charge on any atom is -0.679 e. The third-order valence-corrected chi connectivity index (χ3v) is 0.671. The zero-order valence-electron chi connectivity index (χ0n) is 7.02. The van der Waals surface area contributed by atoms with Gasteiger partial charge in [-0.25, -0.2) is 0 Å². The minimum absolute atomic E-state index is 0. The van der Waals surface area contributed by atoms with Crippen molar-refractivity contribution in [2.75, 3.05) is 40.3 Å². The van der Waals surface area contributed by atoms with Crippen molar-refractivity contribution in [3.05, 3.63) is 22.1 Å². The Labute approximate surface area is 79.9 Å². The van der Waals surface area contributed by atoms with Gasteiger partial charge in [0, 0.05) is 0 Å². The van der Waals surface area contributed by atoms with Crippen LogP contribution in [0.1, 0.15) is 0 Å². The molecule has 11 heavy (non-hydrogen) atoms. The normalized spacial score (nSPS) is 7.64. The minimum atomic E-state index is 0. The Hall–Kier alpha value is 0.359. The summed E-state index contributed by atoms with van der Waals surface area (Å²) in [7, 11) is 3.43. The van der Waals surface area contributed by atoms with Crippen molar-refractivity contribution in [1.82, 2.24) is 0 Å².